The fraction of sp³-hybridized carbons (Fsp3) is 0.444. The number of amides is 2. The molecule has 1 heterocycles. The van der Waals surface area contributed by atoms with Crippen LogP contribution in [0, 0.1) is 5.92 Å². The van der Waals surface area contributed by atoms with Crippen molar-refractivity contribution in [3.8, 4) is 5.75 Å². The summed E-state index contributed by atoms with van der Waals surface area (Å²) in [6, 6.07) is 7.52. The summed E-state index contributed by atoms with van der Waals surface area (Å²) in [6.45, 7) is 5.01. The van der Waals surface area contributed by atoms with Crippen molar-refractivity contribution in [3.63, 3.8) is 0 Å². The second kappa shape index (κ2) is 7.81. The first-order valence-electron chi connectivity index (χ1n) is 7.97. The van der Waals surface area contributed by atoms with Gasteiger partial charge in [0.05, 0.1) is 0 Å². The molecule has 1 fully saturated rings. The maximum Gasteiger partial charge on any atom is 0.255 e. The molecule has 0 spiro atoms. The molecular formula is C18H24N2O3. The van der Waals surface area contributed by atoms with Crippen molar-refractivity contribution < 1.29 is 14.3 Å². The van der Waals surface area contributed by atoms with E-state index < -0.39 is 5.91 Å². The molecule has 5 nitrogen and oxygen atoms in total. The van der Waals surface area contributed by atoms with Crippen LogP contribution >= 0.6 is 0 Å². The zero-order valence-electron chi connectivity index (χ0n) is 13.7. The predicted octanol–water partition coefficient (Wildman–Crippen LogP) is 2.21. The summed E-state index contributed by atoms with van der Waals surface area (Å²) in [4.78, 5) is 25.0. The summed E-state index contributed by atoms with van der Waals surface area (Å²) in [7, 11) is 0. The molecule has 1 unspecified atom stereocenters. The largest absolute Gasteiger partial charge is 0.484 e. The first-order chi connectivity index (χ1) is 11.0. The van der Waals surface area contributed by atoms with Gasteiger partial charge in [-0.1, -0.05) is 26.0 Å². The number of benzene rings is 1. The molecule has 0 aliphatic carbocycles. The molecule has 5 heteroatoms. The molecule has 0 radical (unpaired) electrons. The second-order valence-electron chi connectivity index (χ2n) is 6.14. The number of hydrogen-bond acceptors (Lipinski definition) is 3. The molecule has 1 aliphatic heterocycles. The fourth-order valence-corrected chi connectivity index (χ4v) is 2.85. The van der Waals surface area contributed by atoms with E-state index >= 15 is 0 Å². The second-order valence-corrected chi connectivity index (χ2v) is 6.14. The van der Waals surface area contributed by atoms with Crippen LogP contribution in [0.1, 0.15) is 32.3 Å². The maximum atomic E-state index is 12.3. The molecule has 0 saturated carbocycles. The minimum absolute atomic E-state index is 0.0651. The van der Waals surface area contributed by atoms with Gasteiger partial charge in [-0.15, -0.1) is 0 Å². The lowest BCUT2D eigenvalue weighted by Gasteiger charge is -2.26. The van der Waals surface area contributed by atoms with Gasteiger partial charge in [-0.25, -0.2) is 0 Å². The van der Waals surface area contributed by atoms with Crippen LogP contribution in [0.4, 0.5) is 0 Å². The average Bonchev–Trinajstić information content (AvgIpc) is 3.01. The molecule has 2 amide bonds. The van der Waals surface area contributed by atoms with Crippen LogP contribution in [0.25, 0.3) is 6.08 Å². The van der Waals surface area contributed by atoms with Gasteiger partial charge in [0.25, 0.3) is 5.91 Å². The highest BCUT2D eigenvalue weighted by Gasteiger charge is 2.29. The van der Waals surface area contributed by atoms with Gasteiger partial charge in [-0.05, 0) is 42.5 Å². The van der Waals surface area contributed by atoms with Crippen molar-refractivity contribution in [2.75, 3.05) is 13.2 Å². The van der Waals surface area contributed by atoms with Gasteiger partial charge < -0.3 is 15.4 Å². The Hall–Kier alpha value is -2.30. The lowest BCUT2D eigenvalue weighted by molar-refractivity contribution is -0.127. The highest BCUT2D eigenvalue weighted by atomic mass is 16.5. The highest BCUT2D eigenvalue weighted by Crippen LogP contribution is 2.24. The summed E-state index contributed by atoms with van der Waals surface area (Å²) >= 11 is 0. The quantitative estimate of drug-likeness (QED) is 0.818. The lowest BCUT2D eigenvalue weighted by Crippen LogP contribution is -2.37. The molecule has 1 saturated heterocycles. The van der Waals surface area contributed by atoms with Gasteiger partial charge in [0.2, 0.25) is 5.91 Å². The molecule has 0 bridgehead atoms. The van der Waals surface area contributed by atoms with E-state index in [0.29, 0.717) is 17.7 Å². The van der Waals surface area contributed by atoms with Crippen molar-refractivity contribution in [2.45, 2.75) is 32.7 Å². The van der Waals surface area contributed by atoms with Gasteiger partial charge in [-0.2, -0.15) is 0 Å². The first kappa shape index (κ1) is 17.1. The number of nitrogens with zero attached hydrogens (tertiary/aromatic N) is 1. The number of ether oxygens (including phenoxy) is 1. The minimum Gasteiger partial charge on any atom is -0.484 e. The van der Waals surface area contributed by atoms with Gasteiger partial charge in [0.1, 0.15) is 5.75 Å². The van der Waals surface area contributed by atoms with E-state index in [1.165, 1.54) is 0 Å². The summed E-state index contributed by atoms with van der Waals surface area (Å²) < 4.78 is 5.20. The zero-order valence-corrected chi connectivity index (χ0v) is 13.7. The van der Waals surface area contributed by atoms with Crippen molar-refractivity contribution in [1.29, 1.82) is 0 Å². The number of likely N-dealkylation sites (tertiary alicyclic amines) is 1. The Morgan fingerprint density at radius 2 is 2.04 bits per heavy atom. The molecule has 2 N–H and O–H groups in total. The zero-order chi connectivity index (χ0) is 16.8. The Kier molecular flexibility index (Phi) is 5.79. The Bertz CT molecular complexity index is 578. The van der Waals surface area contributed by atoms with Gasteiger partial charge in [0.15, 0.2) is 6.61 Å². The molecule has 23 heavy (non-hydrogen) atoms. The molecule has 124 valence electrons. The Balaban J connectivity index is 1.94. The first-order valence-corrected chi connectivity index (χ1v) is 7.97. The average molecular weight is 316 g/mol. The van der Waals surface area contributed by atoms with E-state index in [9.17, 15) is 9.59 Å². The van der Waals surface area contributed by atoms with Crippen LogP contribution in [0.2, 0.25) is 0 Å². The van der Waals surface area contributed by atoms with E-state index in [-0.39, 0.29) is 12.5 Å². The number of hydrogen-bond donors (Lipinski definition) is 1. The standard InChI is InChI=1S/C18H24N2O3/c1-13(2)16-4-3-11-20(16)18(22)10-7-14-5-8-15(9-6-14)23-12-17(19)21/h5-10,13,16H,3-4,11-12H2,1-2H3,(H2,19,21). The van der Waals surface area contributed by atoms with E-state index in [1.54, 1.807) is 24.3 Å². The van der Waals surface area contributed by atoms with Crippen molar-refractivity contribution in [1.82, 2.24) is 4.90 Å². The monoisotopic (exact) mass is 316 g/mol. The van der Waals surface area contributed by atoms with Crippen LogP contribution in [0.5, 0.6) is 5.75 Å². The number of primary amides is 1. The molecule has 1 aromatic rings. The van der Waals surface area contributed by atoms with Crippen LogP contribution < -0.4 is 10.5 Å². The fourth-order valence-electron chi connectivity index (χ4n) is 2.85. The van der Waals surface area contributed by atoms with E-state index in [4.69, 9.17) is 10.5 Å². The summed E-state index contributed by atoms with van der Waals surface area (Å²) in [5, 5.41) is 0. The van der Waals surface area contributed by atoms with Crippen LogP contribution in [-0.2, 0) is 9.59 Å². The third kappa shape index (κ3) is 4.84. The van der Waals surface area contributed by atoms with Gasteiger partial charge in [-0.3, -0.25) is 9.59 Å². The molecule has 1 atom stereocenters. The molecule has 1 aromatic carbocycles. The molecule has 2 rings (SSSR count). The third-order valence-corrected chi connectivity index (χ3v) is 4.03. The summed E-state index contributed by atoms with van der Waals surface area (Å²) in [5.41, 5.74) is 5.93. The number of carbonyl (C=O) groups excluding carboxylic acids is 2. The van der Waals surface area contributed by atoms with E-state index in [1.807, 2.05) is 17.0 Å². The topological polar surface area (TPSA) is 72.6 Å². The molecular weight excluding hydrogens is 292 g/mol. The highest BCUT2D eigenvalue weighted by molar-refractivity contribution is 5.92. The van der Waals surface area contributed by atoms with Crippen molar-refractivity contribution in [2.24, 2.45) is 11.7 Å². The normalized spacial score (nSPS) is 17.9. The SMILES string of the molecule is CC(C)C1CCCN1C(=O)C=Cc1ccc(OCC(N)=O)cc1. The number of nitrogens with two attached hydrogens (primary N) is 1. The molecule has 0 aromatic heterocycles. The third-order valence-electron chi connectivity index (χ3n) is 4.03. The lowest BCUT2D eigenvalue weighted by atomic mass is 10.0. The van der Waals surface area contributed by atoms with Crippen LogP contribution in [0.15, 0.2) is 30.3 Å². The van der Waals surface area contributed by atoms with E-state index in [0.717, 1.165) is 24.9 Å². The van der Waals surface area contributed by atoms with Crippen LogP contribution in [0.3, 0.4) is 0 Å². The number of rotatable bonds is 6. The minimum atomic E-state index is -0.509. The van der Waals surface area contributed by atoms with Gasteiger partial charge in [0, 0.05) is 18.7 Å². The van der Waals surface area contributed by atoms with Crippen molar-refractivity contribution >= 4 is 17.9 Å². The summed E-state index contributed by atoms with van der Waals surface area (Å²) in [6.07, 6.45) is 5.59. The molecule has 1 aliphatic rings. The van der Waals surface area contributed by atoms with Crippen LogP contribution in [-0.4, -0.2) is 35.9 Å². The Morgan fingerprint density at radius 3 is 2.65 bits per heavy atom. The smallest absolute Gasteiger partial charge is 0.255 e. The summed E-state index contributed by atoms with van der Waals surface area (Å²) in [5.74, 6) is 0.614. The Labute approximate surface area is 137 Å². The maximum absolute atomic E-state index is 12.3. The van der Waals surface area contributed by atoms with E-state index in [2.05, 4.69) is 13.8 Å². The number of carbonyl (C=O) groups is 2. The van der Waals surface area contributed by atoms with Crippen molar-refractivity contribution in [3.05, 3.63) is 35.9 Å². The van der Waals surface area contributed by atoms with Gasteiger partial charge >= 0.3 is 0 Å². The predicted molar refractivity (Wildman–Crippen MR) is 89.7 cm³/mol. The Morgan fingerprint density at radius 1 is 1.35 bits per heavy atom.